The number of hydrogen-bond donors (Lipinski definition) is 0. The first-order chi connectivity index (χ1) is 9.31. The third-order valence-electron chi connectivity index (χ3n) is 4.08. The van der Waals surface area contributed by atoms with Gasteiger partial charge in [0.05, 0.1) is 11.1 Å². The molecule has 1 heterocycles. The maximum Gasteiger partial charge on any atom is 0.170 e. The van der Waals surface area contributed by atoms with Crippen LogP contribution in [0.4, 0.5) is 0 Å². The van der Waals surface area contributed by atoms with Gasteiger partial charge in [-0.1, -0.05) is 24.3 Å². The van der Waals surface area contributed by atoms with E-state index < -0.39 is 0 Å². The number of nitrogens with zero attached hydrogens (tertiary/aromatic N) is 1. The van der Waals surface area contributed by atoms with Crippen LogP contribution >= 0.6 is 0 Å². The molecule has 1 atom stereocenters. The lowest BCUT2D eigenvalue weighted by Crippen LogP contribution is -2.45. The quantitative estimate of drug-likeness (QED) is 0.773. The van der Waals surface area contributed by atoms with E-state index in [1.807, 2.05) is 12.0 Å². The Hall–Kier alpha value is -0.940. The van der Waals surface area contributed by atoms with Crippen LogP contribution in [0, 0.1) is 0 Å². The summed E-state index contributed by atoms with van der Waals surface area (Å²) in [7, 11) is 1.62. The highest BCUT2D eigenvalue weighted by molar-refractivity contribution is 5.42. The molecule has 0 saturated carbocycles. The zero-order valence-electron chi connectivity index (χ0n) is 13.3. The smallest absolute Gasteiger partial charge is 0.170 e. The third kappa shape index (κ3) is 2.49. The monoisotopic (exact) mass is 279 g/mol. The summed E-state index contributed by atoms with van der Waals surface area (Å²) in [5, 5.41) is 2.02. The minimum absolute atomic E-state index is 0.176. The zero-order chi connectivity index (χ0) is 15.0. The van der Waals surface area contributed by atoms with Crippen LogP contribution in [-0.2, 0) is 25.4 Å². The van der Waals surface area contributed by atoms with Crippen molar-refractivity contribution in [3.8, 4) is 0 Å². The predicted octanol–water partition coefficient (Wildman–Crippen LogP) is 3.37. The van der Waals surface area contributed by atoms with Crippen LogP contribution < -0.4 is 0 Å². The second-order valence-corrected chi connectivity index (χ2v) is 6.17. The highest BCUT2D eigenvalue weighted by atomic mass is 16.8. The van der Waals surface area contributed by atoms with E-state index in [2.05, 4.69) is 52.0 Å². The molecular formula is C16H25NO3. The molecule has 0 N–H and O–H groups in total. The SMILES string of the molecule is COC(C)OCON1C(C)(C)c2ccccc2C1(C)C. The van der Waals surface area contributed by atoms with Crippen molar-refractivity contribution in [1.29, 1.82) is 0 Å². The van der Waals surface area contributed by atoms with Gasteiger partial charge >= 0.3 is 0 Å². The highest BCUT2D eigenvalue weighted by Crippen LogP contribution is 2.49. The van der Waals surface area contributed by atoms with Crippen LogP contribution in [0.25, 0.3) is 0 Å². The zero-order valence-corrected chi connectivity index (χ0v) is 13.3. The van der Waals surface area contributed by atoms with Crippen molar-refractivity contribution < 1.29 is 14.3 Å². The van der Waals surface area contributed by atoms with Crippen LogP contribution in [0.5, 0.6) is 0 Å². The Bertz CT molecular complexity index is 436. The van der Waals surface area contributed by atoms with Gasteiger partial charge < -0.3 is 9.47 Å². The number of fused-ring (bicyclic) bond motifs is 1. The van der Waals surface area contributed by atoms with E-state index in [9.17, 15) is 0 Å². The predicted molar refractivity (Wildman–Crippen MR) is 77.8 cm³/mol. The summed E-state index contributed by atoms with van der Waals surface area (Å²) in [6.45, 7) is 10.7. The molecule has 0 fully saturated rings. The molecule has 4 heteroatoms. The molecule has 0 aromatic heterocycles. The maximum atomic E-state index is 5.92. The lowest BCUT2D eigenvalue weighted by Gasteiger charge is -2.39. The molecule has 0 saturated heterocycles. The first-order valence-electron chi connectivity index (χ1n) is 6.99. The maximum absolute atomic E-state index is 5.92. The molecule has 0 bridgehead atoms. The van der Waals surface area contributed by atoms with Crippen molar-refractivity contribution in [3.05, 3.63) is 35.4 Å². The normalized spacial score (nSPS) is 21.7. The van der Waals surface area contributed by atoms with Gasteiger partial charge in [0.25, 0.3) is 0 Å². The first-order valence-corrected chi connectivity index (χ1v) is 6.99. The van der Waals surface area contributed by atoms with Crippen molar-refractivity contribution >= 4 is 0 Å². The summed E-state index contributed by atoms with van der Waals surface area (Å²) in [5.74, 6) is 0. The molecule has 0 amide bonds. The minimum atomic E-state index is -0.272. The van der Waals surface area contributed by atoms with Crippen molar-refractivity contribution in [3.63, 3.8) is 0 Å². The lowest BCUT2D eigenvalue weighted by molar-refractivity contribution is -0.320. The molecule has 1 unspecified atom stereocenters. The van der Waals surface area contributed by atoms with E-state index in [-0.39, 0.29) is 24.2 Å². The number of hydrogen-bond acceptors (Lipinski definition) is 4. The third-order valence-corrected chi connectivity index (χ3v) is 4.08. The fourth-order valence-electron chi connectivity index (χ4n) is 3.04. The van der Waals surface area contributed by atoms with Gasteiger partial charge in [-0.05, 0) is 45.7 Å². The molecule has 0 aliphatic carbocycles. The minimum Gasteiger partial charge on any atom is -0.356 e. The fourth-order valence-corrected chi connectivity index (χ4v) is 3.04. The second kappa shape index (κ2) is 5.45. The van der Waals surface area contributed by atoms with Crippen LogP contribution in [0.15, 0.2) is 24.3 Å². The van der Waals surface area contributed by atoms with Crippen LogP contribution in [0.2, 0.25) is 0 Å². The largest absolute Gasteiger partial charge is 0.356 e. The number of benzene rings is 1. The molecule has 20 heavy (non-hydrogen) atoms. The van der Waals surface area contributed by atoms with Crippen molar-refractivity contribution in [1.82, 2.24) is 5.06 Å². The molecular weight excluding hydrogens is 254 g/mol. The average Bonchev–Trinajstić information content (AvgIpc) is 2.56. The Kier molecular flexibility index (Phi) is 4.21. The van der Waals surface area contributed by atoms with Gasteiger partial charge in [0.2, 0.25) is 0 Å². The van der Waals surface area contributed by atoms with Gasteiger partial charge in [0, 0.05) is 7.11 Å². The summed E-state index contributed by atoms with van der Waals surface area (Å²) in [6.07, 6.45) is -0.272. The Morgan fingerprint density at radius 1 is 1.05 bits per heavy atom. The molecule has 0 spiro atoms. The van der Waals surface area contributed by atoms with Gasteiger partial charge in [-0.3, -0.25) is 4.84 Å². The Morgan fingerprint density at radius 3 is 2.00 bits per heavy atom. The van der Waals surface area contributed by atoms with Crippen LogP contribution in [0.3, 0.4) is 0 Å². The van der Waals surface area contributed by atoms with Gasteiger partial charge in [0.1, 0.15) is 0 Å². The Labute approximate surface area is 121 Å². The second-order valence-electron chi connectivity index (χ2n) is 6.17. The van der Waals surface area contributed by atoms with E-state index >= 15 is 0 Å². The van der Waals surface area contributed by atoms with Gasteiger partial charge in [-0.15, -0.1) is 0 Å². The summed E-state index contributed by atoms with van der Waals surface area (Å²) in [4.78, 5) is 5.92. The molecule has 2 rings (SSSR count). The summed E-state index contributed by atoms with van der Waals surface area (Å²) in [5.41, 5.74) is 2.20. The van der Waals surface area contributed by atoms with E-state index in [0.717, 1.165) is 0 Å². The Balaban J connectivity index is 2.18. The number of methoxy groups -OCH3 is 1. The van der Waals surface area contributed by atoms with Crippen molar-refractivity contribution in [2.45, 2.75) is 52.0 Å². The van der Waals surface area contributed by atoms with E-state index in [1.165, 1.54) is 11.1 Å². The fraction of sp³-hybridized carbons (Fsp3) is 0.625. The molecule has 1 aliphatic heterocycles. The topological polar surface area (TPSA) is 30.9 Å². The first kappa shape index (κ1) is 15.4. The number of rotatable bonds is 5. The van der Waals surface area contributed by atoms with Gasteiger partial charge in [-0.2, -0.15) is 5.06 Å². The van der Waals surface area contributed by atoms with Gasteiger partial charge in [-0.25, -0.2) is 0 Å². The Morgan fingerprint density at radius 2 is 1.55 bits per heavy atom. The van der Waals surface area contributed by atoms with Crippen molar-refractivity contribution in [2.24, 2.45) is 0 Å². The molecule has 1 aromatic carbocycles. The highest BCUT2D eigenvalue weighted by Gasteiger charge is 2.50. The number of ether oxygens (including phenoxy) is 2. The molecule has 1 aliphatic rings. The average molecular weight is 279 g/mol. The molecule has 1 aromatic rings. The van der Waals surface area contributed by atoms with E-state index in [1.54, 1.807) is 7.11 Å². The molecule has 4 nitrogen and oxygen atoms in total. The summed E-state index contributed by atoms with van der Waals surface area (Å²) < 4.78 is 10.5. The standard InChI is InChI=1S/C16H25NO3/c1-12(18-6)19-11-20-17-15(2,3)13-9-7-8-10-14(13)16(17,4)5/h7-10,12H,11H2,1-6H3. The van der Waals surface area contributed by atoms with Crippen LogP contribution in [0.1, 0.15) is 45.7 Å². The number of hydroxylamine groups is 2. The van der Waals surface area contributed by atoms with E-state index in [0.29, 0.717) is 0 Å². The summed E-state index contributed by atoms with van der Waals surface area (Å²) in [6, 6.07) is 8.48. The van der Waals surface area contributed by atoms with Gasteiger partial charge in [0.15, 0.2) is 13.1 Å². The van der Waals surface area contributed by atoms with E-state index in [4.69, 9.17) is 14.3 Å². The molecule has 112 valence electrons. The lowest BCUT2D eigenvalue weighted by atomic mass is 9.91. The van der Waals surface area contributed by atoms with Crippen molar-refractivity contribution in [2.75, 3.05) is 13.9 Å². The summed E-state index contributed by atoms with van der Waals surface area (Å²) >= 11 is 0. The molecule has 0 radical (unpaired) electrons. The van der Waals surface area contributed by atoms with Crippen LogP contribution in [-0.4, -0.2) is 25.3 Å².